The molecule has 0 radical (unpaired) electrons. The number of nitrogens with zero attached hydrogens (tertiary/aromatic N) is 3. The van der Waals surface area contributed by atoms with Gasteiger partial charge in [0, 0.05) is 18.5 Å². The third kappa shape index (κ3) is 4.91. The lowest BCUT2D eigenvalue weighted by atomic mass is 10.3. The maximum Gasteiger partial charge on any atom is 0.321 e. The zero-order valence-electron chi connectivity index (χ0n) is 15.1. The number of carbonyl (C=O) groups excluding carboxylic acids is 1. The number of hydrogen-bond acceptors (Lipinski definition) is 8. The molecule has 152 valence electrons. The number of rotatable bonds is 8. The van der Waals surface area contributed by atoms with E-state index in [9.17, 15) is 23.3 Å². The van der Waals surface area contributed by atoms with Gasteiger partial charge in [-0.1, -0.05) is 6.07 Å². The molecule has 10 nitrogen and oxygen atoms in total. The van der Waals surface area contributed by atoms with Gasteiger partial charge in [-0.2, -0.15) is 4.72 Å². The third-order valence-corrected chi connectivity index (χ3v) is 6.04. The van der Waals surface area contributed by atoms with Gasteiger partial charge in [-0.05, 0) is 30.5 Å². The molecule has 0 aliphatic carbocycles. The number of imidazole rings is 1. The van der Waals surface area contributed by atoms with E-state index in [1.54, 1.807) is 29.1 Å². The number of thioether (sulfide) groups is 1. The molecular formula is C17H16N4O6S2. The standard InChI is InChI=1S/C17H16N4O6S2/c1-28-15-6-5-13(8-14(15)21(23)24)29(25,26)18-9-17(22)27-11-12-10-20-7-3-2-4-16(20)19-12/h2-8,10,18H,9,11H2,1H3. The second-order valence-electron chi connectivity index (χ2n) is 5.77. The van der Waals surface area contributed by atoms with Crippen molar-refractivity contribution in [3.63, 3.8) is 0 Å². The predicted octanol–water partition coefficient (Wildman–Crippen LogP) is 1.99. The maximum absolute atomic E-state index is 12.3. The number of nitro benzene ring substituents is 1. The van der Waals surface area contributed by atoms with Crippen LogP contribution in [-0.2, 0) is 26.2 Å². The van der Waals surface area contributed by atoms with E-state index < -0.39 is 27.5 Å². The van der Waals surface area contributed by atoms with E-state index >= 15 is 0 Å². The highest BCUT2D eigenvalue weighted by atomic mass is 32.2. The fraction of sp³-hybridized carbons (Fsp3) is 0.176. The van der Waals surface area contributed by atoms with Gasteiger partial charge in [0.2, 0.25) is 10.0 Å². The van der Waals surface area contributed by atoms with Gasteiger partial charge in [-0.25, -0.2) is 13.4 Å². The summed E-state index contributed by atoms with van der Waals surface area (Å²) < 4.78 is 33.6. The average Bonchev–Trinajstić information content (AvgIpc) is 3.13. The summed E-state index contributed by atoms with van der Waals surface area (Å²) in [6.07, 6.45) is 5.14. The zero-order valence-corrected chi connectivity index (χ0v) is 16.8. The first-order valence-corrected chi connectivity index (χ1v) is 10.9. The van der Waals surface area contributed by atoms with Crippen LogP contribution in [0.2, 0.25) is 0 Å². The number of nitrogens with one attached hydrogen (secondary N) is 1. The van der Waals surface area contributed by atoms with Gasteiger partial charge in [0.1, 0.15) is 18.8 Å². The Balaban J connectivity index is 1.61. The lowest BCUT2D eigenvalue weighted by Gasteiger charge is -2.08. The molecule has 0 aliphatic heterocycles. The first-order chi connectivity index (χ1) is 13.8. The highest BCUT2D eigenvalue weighted by Crippen LogP contribution is 2.29. The van der Waals surface area contributed by atoms with Crippen LogP contribution in [0.1, 0.15) is 5.69 Å². The molecule has 0 bridgehead atoms. The van der Waals surface area contributed by atoms with E-state index in [4.69, 9.17) is 4.74 Å². The van der Waals surface area contributed by atoms with E-state index in [1.807, 2.05) is 12.1 Å². The molecule has 0 spiro atoms. The van der Waals surface area contributed by atoms with Crippen LogP contribution < -0.4 is 4.72 Å². The molecule has 2 aromatic heterocycles. The number of hydrogen-bond donors (Lipinski definition) is 1. The number of nitro groups is 1. The molecular weight excluding hydrogens is 420 g/mol. The topological polar surface area (TPSA) is 133 Å². The van der Waals surface area contributed by atoms with Crippen molar-refractivity contribution in [2.45, 2.75) is 16.4 Å². The van der Waals surface area contributed by atoms with E-state index in [0.29, 0.717) is 16.2 Å². The second kappa shape index (κ2) is 8.59. The van der Waals surface area contributed by atoms with Gasteiger partial charge < -0.3 is 9.14 Å². The summed E-state index contributed by atoms with van der Waals surface area (Å²) in [4.78, 5) is 26.6. The minimum atomic E-state index is -4.12. The van der Waals surface area contributed by atoms with Crippen LogP contribution in [0, 0.1) is 10.1 Å². The monoisotopic (exact) mass is 436 g/mol. The SMILES string of the molecule is CSc1ccc(S(=O)(=O)NCC(=O)OCc2cn3ccccc3n2)cc1[N+](=O)[O-]. The first kappa shape index (κ1) is 20.8. The van der Waals surface area contributed by atoms with Crippen molar-refractivity contribution in [1.82, 2.24) is 14.1 Å². The Morgan fingerprint density at radius 1 is 1.34 bits per heavy atom. The fourth-order valence-electron chi connectivity index (χ4n) is 2.48. The fourth-order valence-corrected chi connectivity index (χ4v) is 4.01. The van der Waals surface area contributed by atoms with Gasteiger partial charge in [0.25, 0.3) is 5.69 Å². The van der Waals surface area contributed by atoms with Gasteiger partial charge >= 0.3 is 5.97 Å². The van der Waals surface area contributed by atoms with Gasteiger partial charge in [-0.3, -0.25) is 14.9 Å². The zero-order chi connectivity index (χ0) is 21.0. The van der Waals surface area contributed by atoms with E-state index in [2.05, 4.69) is 9.71 Å². The van der Waals surface area contributed by atoms with E-state index in [1.165, 1.54) is 12.1 Å². The second-order valence-corrected chi connectivity index (χ2v) is 8.39. The van der Waals surface area contributed by atoms with Crippen molar-refractivity contribution in [2.24, 2.45) is 0 Å². The third-order valence-electron chi connectivity index (χ3n) is 3.86. The molecule has 3 rings (SSSR count). The molecule has 3 aromatic rings. The minimum Gasteiger partial charge on any atom is -0.458 e. The summed E-state index contributed by atoms with van der Waals surface area (Å²) in [7, 11) is -4.12. The molecule has 0 amide bonds. The highest BCUT2D eigenvalue weighted by Gasteiger charge is 2.22. The Kier molecular flexibility index (Phi) is 6.15. The quantitative estimate of drug-likeness (QED) is 0.245. The van der Waals surface area contributed by atoms with Crippen molar-refractivity contribution < 1.29 is 22.9 Å². The molecule has 0 aliphatic rings. The summed E-state index contributed by atoms with van der Waals surface area (Å²) in [5, 5.41) is 11.1. The maximum atomic E-state index is 12.3. The van der Waals surface area contributed by atoms with Crippen LogP contribution in [-0.4, -0.2) is 41.5 Å². The molecule has 29 heavy (non-hydrogen) atoms. The first-order valence-electron chi connectivity index (χ1n) is 8.20. The van der Waals surface area contributed by atoms with Crippen molar-refractivity contribution in [2.75, 3.05) is 12.8 Å². The average molecular weight is 436 g/mol. The van der Waals surface area contributed by atoms with Gasteiger partial charge in [0.05, 0.1) is 20.4 Å². The summed E-state index contributed by atoms with van der Waals surface area (Å²) in [6.45, 7) is -0.732. The largest absolute Gasteiger partial charge is 0.458 e. The number of aromatic nitrogens is 2. The summed E-state index contributed by atoms with van der Waals surface area (Å²) in [5.74, 6) is -0.805. The van der Waals surface area contributed by atoms with Crippen LogP contribution in [0.15, 0.2) is 58.6 Å². The number of esters is 1. The molecule has 12 heteroatoms. The van der Waals surface area contributed by atoms with Crippen LogP contribution in [0.5, 0.6) is 0 Å². The number of pyridine rings is 1. The van der Waals surface area contributed by atoms with Gasteiger partial charge in [0.15, 0.2) is 0 Å². The highest BCUT2D eigenvalue weighted by molar-refractivity contribution is 7.98. The lowest BCUT2D eigenvalue weighted by Crippen LogP contribution is -2.30. The Hall–Kier alpha value is -2.96. The molecule has 2 heterocycles. The van der Waals surface area contributed by atoms with Crippen molar-refractivity contribution in [3.05, 3.63) is 64.6 Å². The molecule has 0 atom stereocenters. The Bertz CT molecular complexity index is 1140. The minimum absolute atomic E-state index is 0.115. The number of carbonyl (C=O) groups is 1. The Morgan fingerprint density at radius 2 is 2.14 bits per heavy atom. The van der Waals surface area contributed by atoms with Crippen molar-refractivity contribution >= 4 is 39.1 Å². The molecule has 1 N–H and O–H groups in total. The van der Waals surface area contributed by atoms with Gasteiger partial charge in [-0.15, -0.1) is 11.8 Å². The molecule has 0 fully saturated rings. The Morgan fingerprint density at radius 3 is 2.83 bits per heavy atom. The van der Waals surface area contributed by atoms with Crippen LogP contribution >= 0.6 is 11.8 Å². The number of fused-ring (bicyclic) bond motifs is 1. The number of sulfonamides is 1. The smallest absolute Gasteiger partial charge is 0.321 e. The van der Waals surface area contributed by atoms with Crippen molar-refractivity contribution in [3.8, 4) is 0 Å². The summed E-state index contributed by atoms with van der Waals surface area (Å²) in [6, 6.07) is 8.98. The van der Waals surface area contributed by atoms with Crippen LogP contribution in [0.4, 0.5) is 5.69 Å². The molecule has 1 aromatic carbocycles. The normalized spacial score (nSPS) is 11.5. The summed E-state index contributed by atoms with van der Waals surface area (Å²) in [5.41, 5.74) is 0.875. The Labute approximate surface area is 170 Å². The van der Waals surface area contributed by atoms with E-state index in [0.717, 1.165) is 17.8 Å². The van der Waals surface area contributed by atoms with Crippen LogP contribution in [0.3, 0.4) is 0 Å². The molecule has 0 saturated carbocycles. The van der Waals surface area contributed by atoms with Crippen LogP contribution in [0.25, 0.3) is 5.65 Å². The molecule has 0 saturated heterocycles. The number of ether oxygens (including phenoxy) is 1. The summed E-state index contributed by atoms with van der Waals surface area (Å²) >= 11 is 1.13. The number of benzene rings is 1. The molecule has 0 unspecified atom stereocenters. The van der Waals surface area contributed by atoms with Crippen molar-refractivity contribution in [1.29, 1.82) is 0 Å². The predicted molar refractivity (Wildman–Crippen MR) is 105 cm³/mol. The lowest BCUT2D eigenvalue weighted by molar-refractivity contribution is -0.387. The van der Waals surface area contributed by atoms with E-state index in [-0.39, 0.29) is 17.2 Å².